The Kier molecular flexibility index (Phi) is 3.93. The summed E-state index contributed by atoms with van der Waals surface area (Å²) in [4.78, 5) is 0. The number of morpholine rings is 1. The standard InChI is InChI=1S/C15H23NO2/c1-11(2)15(3)10-16-9-14(18-15)12-6-5-7-13(8-12)17-4/h5-8,11,14,16H,9-10H2,1-4H3. The van der Waals surface area contributed by atoms with Gasteiger partial charge < -0.3 is 14.8 Å². The Morgan fingerprint density at radius 3 is 2.89 bits per heavy atom. The van der Waals surface area contributed by atoms with E-state index in [1.54, 1.807) is 7.11 Å². The molecule has 0 saturated carbocycles. The predicted molar refractivity (Wildman–Crippen MR) is 72.9 cm³/mol. The highest BCUT2D eigenvalue weighted by atomic mass is 16.5. The Bertz CT molecular complexity index is 405. The van der Waals surface area contributed by atoms with Crippen LogP contribution < -0.4 is 10.1 Å². The maximum atomic E-state index is 6.30. The lowest BCUT2D eigenvalue weighted by molar-refractivity contribution is -0.132. The largest absolute Gasteiger partial charge is 0.497 e. The Labute approximate surface area is 109 Å². The Morgan fingerprint density at radius 2 is 2.22 bits per heavy atom. The first-order chi connectivity index (χ1) is 8.55. The zero-order valence-electron chi connectivity index (χ0n) is 11.7. The fourth-order valence-corrected chi connectivity index (χ4v) is 2.23. The minimum Gasteiger partial charge on any atom is -0.497 e. The van der Waals surface area contributed by atoms with Gasteiger partial charge in [0.25, 0.3) is 0 Å². The molecule has 1 N–H and O–H groups in total. The average molecular weight is 249 g/mol. The van der Waals surface area contributed by atoms with Crippen molar-refractivity contribution in [3.05, 3.63) is 29.8 Å². The van der Waals surface area contributed by atoms with Gasteiger partial charge in [-0.1, -0.05) is 26.0 Å². The van der Waals surface area contributed by atoms with Crippen LogP contribution in [-0.2, 0) is 4.74 Å². The molecular formula is C15H23NO2. The van der Waals surface area contributed by atoms with Crippen molar-refractivity contribution in [2.45, 2.75) is 32.5 Å². The van der Waals surface area contributed by atoms with Crippen molar-refractivity contribution in [3.63, 3.8) is 0 Å². The first-order valence-electron chi connectivity index (χ1n) is 6.57. The molecular weight excluding hydrogens is 226 g/mol. The topological polar surface area (TPSA) is 30.5 Å². The lowest BCUT2D eigenvalue weighted by Gasteiger charge is -2.42. The number of benzene rings is 1. The maximum Gasteiger partial charge on any atom is 0.119 e. The van der Waals surface area contributed by atoms with E-state index in [0.29, 0.717) is 5.92 Å². The van der Waals surface area contributed by atoms with Gasteiger partial charge in [0.1, 0.15) is 5.75 Å². The van der Waals surface area contributed by atoms with E-state index >= 15 is 0 Å². The molecule has 3 nitrogen and oxygen atoms in total. The van der Waals surface area contributed by atoms with Crippen LogP contribution in [0.25, 0.3) is 0 Å². The molecule has 18 heavy (non-hydrogen) atoms. The lowest BCUT2D eigenvalue weighted by atomic mass is 9.90. The predicted octanol–water partition coefficient (Wildman–Crippen LogP) is 2.77. The number of hydrogen-bond donors (Lipinski definition) is 1. The van der Waals surface area contributed by atoms with Crippen LogP contribution in [0.4, 0.5) is 0 Å². The molecule has 1 aliphatic heterocycles. The van der Waals surface area contributed by atoms with Crippen LogP contribution in [0.3, 0.4) is 0 Å². The minimum atomic E-state index is -0.105. The van der Waals surface area contributed by atoms with Gasteiger partial charge in [-0.2, -0.15) is 0 Å². The molecule has 3 heteroatoms. The van der Waals surface area contributed by atoms with Crippen LogP contribution in [0.5, 0.6) is 5.75 Å². The fraction of sp³-hybridized carbons (Fsp3) is 0.600. The van der Waals surface area contributed by atoms with Crippen molar-refractivity contribution in [2.75, 3.05) is 20.2 Å². The average Bonchev–Trinajstić information content (AvgIpc) is 2.39. The van der Waals surface area contributed by atoms with Crippen LogP contribution in [0.15, 0.2) is 24.3 Å². The zero-order valence-corrected chi connectivity index (χ0v) is 11.7. The quantitative estimate of drug-likeness (QED) is 0.893. The van der Waals surface area contributed by atoms with Crippen molar-refractivity contribution in [1.29, 1.82) is 0 Å². The van der Waals surface area contributed by atoms with Crippen LogP contribution >= 0.6 is 0 Å². The second-order valence-electron chi connectivity index (χ2n) is 5.48. The molecule has 1 aromatic carbocycles. The molecule has 0 aromatic heterocycles. The summed E-state index contributed by atoms with van der Waals surface area (Å²) >= 11 is 0. The van der Waals surface area contributed by atoms with Crippen LogP contribution in [0, 0.1) is 5.92 Å². The summed E-state index contributed by atoms with van der Waals surface area (Å²) < 4.78 is 11.6. The molecule has 100 valence electrons. The van der Waals surface area contributed by atoms with Gasteiger partial charge in [0, 0.05) is 13.1 Å². The third-order valence-corrected chi connectivity index (χ3v) is 3.90. The summed E-state index contributed by atoms with van der Waals surface area (Å²) in [6.07, 6.45) is 0.0984. The molecule has 0 amide bonds. The zero-order chi connectivity index (χ0) is 13.2. The minimum absolute atomic E-state index is 0.0984. The second kappa shape index (κ2) is 5.29. The van der Waals surface area contributed by atoms with E-state index < -0.39 is 0 Å². The fourth-order valence-electron chi connectivity index (χ4n) is 2.23. The molecule has 1 heterocycles. The summed E-state index contributed by atoms with van der Waals surface area (Å²) in [5.74, 6) is 1.37. The first-order valence-corrected chi connectivity index (χ1v) is 6.57. The van der Waals surface area contributed by atoms with Gasteiger partial charge in [0.05, 0.1) is 18.8 Å². The number of hydrogen-bond acceptors (Lipinski definition) is 3. The van der Waals surface area contributed by atoms with Gasteiger partial charge in [0.15, 0.2) is 0 Å². The van der Waals surface area contributed by atoms with E-state index in [2.05, 4.69) is 38.2 Å². The second-order valence-corrected chi connectivity index (χ2v) is 5.48. The Morgan fingerprint density at radius 1 is 1.44 bits per heavy atom. The monoisotopic (exact) mass is 249 g/mol. The highest BCUT2D eigenvalue weighted by Gasteiger charge is 2.36. The third-order valence-electron chi connectivity index (χ3n) is 3.90. The highest BCUT2D eigenvalue weighted by molar-refractivity contribution is 5.30. The van der Waals surface area contributed by atoms with Crippen molar-refractivity contribution < 1.29 is 9.47 Å². The molecule has 2 unspecified atom stereocenters. The van der Waals surface area contributed by atoms with Crippen molar-refractivity contribution in [1.82, 2.24) is 5.32 Å². The van der Waals surface area contributed by atoms with E-state index in [4.69, 9.17) is 9.47 Å². The van der Waals surface area contributed by atoms with Gasteiger partial charge in [0.2, 0.25) is 0 Å². The number of ether oxygens (including phenoxy) is 2. The molecule has 0 bridgehead atoms. The highest BCUT2D eigenvalue weighted by Crippen LogP contribution is 2.32. The maximum absolute atomic E-state index is 6.30. The molecule has 0 radical (unpaired) electrons. The molecule has 0 aliphatic carbocycles. The molecule has 1 saturated heterocycles. The number of methoxy groups -OCH3 is 1. The van der Waals surface area contributed by atoms with Gasteiger partial charge >= 0.3 is 0 Å². The molecule has 1 aliphatic rings. The van der Waals surface area contributed by atoms with Crippen molar-refractivity contribution in [2.24, 2.45) is 5.92 Å². The normalized spacial score (nSPS) is 28.4. The van der Waals surface area contributed by atoms with E-state index in [1.807, 2.05) is 12.1 Å². The Hall–Kier alpha value is -1.06. The summed E-state index contributed by atoms with van der Waals surface area (Å²) in [5, 5.41) is 3.48. The molecule has 2 rings (SSSR count). The Balaban J connectivity index is 2.17. The first kappa shape index (κ1) is 13.4. The van der Waals surface area contributed by atoms with E-state index in [0.717, 1.165) is 18.8 Å². The third kappa shape index (κ3) is 2.68. The smallest absolute Gasteiger partial charge is 0.119 e. The van der Waals surface area contributed by atoms with Crippen LogP contribution in [0.1, 0.15) is 32.4 Å². The van der Waals surface area contributed by atoms with Gasteiger partial charge in [-0.3, -0.25) is 0 Å². The van der Waals surface area contributed by atoms with Crippen LogP contribution in [0.2, 0.25) is 0 Å². The summed E-state index contributed by atoms with van der Waals surface area (Å²) in [6.45, 7) is 8.35. The number of nitrogens with one attached hydrogen (secondary N) is 1. The SMILES string of the molecule is COc1cccc(C2CNCC(C)(C(C)C)O2)c1. The molecule has 1 aromatic rings. The van der Waals surface area contributed by atoms with Gasteiger partial charge in [-0.05, 0) is 30.5 Å². The lowest BCUT2D eigenvalue weighted by Crippen LogP contribution is -2.52. The van der Waals surface area contributed by atoms with E-state index in [1.165, 1.54) is 5.56 Å². The van der Waals surface area contributed by atoms with E-state index in [9.17, 15) is 0 Å². The summed E-state index contributed by atoms with van der Waals surface area (Å²) in [5.41, 5.74) is 1.07. The van der Waals surface area contributed by atoms with Crippen molar-refractivity contribution in [3.8, 4) is 5.75 Å². The van der Waals surface area contributed by atoms with Gasteiger partial charge in [-0.15, -0.1) is 0 Å². The van der Waals surface area contributed by atoms with E-state index in [-0.39, 0.29) is 11.7 Å². The van der Waals surface area contributed by atoms with Gasteiger partial charge in [-0.25, -0.2) is 0 Å². The summed E-state index contributed by atoms with van der Waals surface area (Å²) in [7, 11) is 1.69. The van der Waals surface area contributed by atoms with Crippen LogP contribution in [-0.4, -0.2) is 25.8 Å². The molecule has 1 fully saturated rings. The summed E-state index contributed by atoms with van der Waals surface area (Å²) in [6, 6.07) is 8.12. The molecule has 0 spiro atoms. The van der Waals surface area contributed by atoms with Crippen molar-refractivity contribution >= 4 is 0 Å². The number of rotatable bonds is 3. The molecule has 2 atom stereocenters.